The molecule has 0 fully saturated rings. The van der Waals surface area contributed by atoms with Crippen LogP contribution in [0, 0.1) is 36.5 Å². The fourth-order valence-corrected chi connectivity index (χ4v) is 4.15. The van der Waals surface area contributed by atoms with Crippen LogP contribution in [0.3, 0.4) is 0 Å². The zero-order chi connectivity index (χ0) is 19.6. The number of hydrogen-bond acceptors (Lipinski definition) is 4. The fraction of sp³-hybridized carbons (Fsp3) is 0.0952. The number of aryl methyl sites for hydroxylation is 2. The second kappa shape index (κ2) is 7.75. The number of benzene rings is 2. The summed E-state index contributed by atoms with van der Waals surface area (Å²) in [7, 11) is 0. The third-order valence-electron chi connectivity index (χ3n) is 4.09. The Morgan fingerprint density at radius 3 is 2.22 bits per heavy atom. The quantitative estimate of drug-likeness (QED) is 0.619. The van der Waals surface area contributed by atoms with Crippen LogP contribution in [0.5, 0.6) is 0 Å². The summed E-state index contributed by atoms with van der Waals surface area (Å²) in [6, 6.07) is 17.1. The molecule has 0 aliphatic rings. The van der Waals surface area contributed by atoms with Gasteiger partial charge in [-0.1, -0.05) is 46.3 Å². The Morgan fingerprint density at radius 2 is 1.67 bits per heavy atom. The first-order valence-electron chi connectivity index (χ1n) is 8.06. The van der Waals surface area contributed by atoms with Gasteiger partial charge in [-0.25, -0.2) is 0 Å². The van der Waals surface area contributed by atoms with Crippen molar-refractivity contribution in [3.05, 3.63) is 83.2 Å². The van der Waals surface area contributed by atoms with E-state index < -0.39 is 0 Å². The van der Waals surface area contributed by atoms with E-state index in [-0.39, 0.29) is 11.1 Å². The molecule has 0 radical (unpaired) electrons. The summed E-state index contributed by atoms with van der Waals surface area (Å²) in [5.41, 5.74) is 3.08. The first kappa shape index (κ1) is 18.8. The van der Waals surface area contributed by atoms with Crippen molar-refractivity contribution >= 4 is 38.9 Å². The van der Waals surface area contributed by atoms with E-state index in [2.05, 4.69) is 15.9 Å². The molecule has 0 unspecified atom stereocenters. The Hall–Kier alpha value is -2.93. The maximum absolute atomic E-state index is 13.2. The molecule has 2 aromatic carbocycles. The molecule has 132 valence electrons. The lowest BCUT2D eigenvalue weighted by atomic mass is 10.1. The van der Waals surface area contributed by atoms with E-state index >= 15 is 0 Å². The minimum Gasteiger partial charge on any atom is -0.267 e. The molecule has 1 heterocycles. The maximum Gasteiger partial charge on any atom is 0.273 e. The molecule has 0 saturated carbocycles. The monoisotopic (exact) mass is 435 g/mol. The minimum absolute atomic E-state index is 0.0739. The molecule has 4 nitrogen and oxygen atoms in total. The zero-order valence-corrected chi connectivity index (χ0v) is 17.1. The Kier molecular flexibility index (Phi) is 5.41. The second-order valence-electron chi connectivity index (χ2n) is 5.95. The van der Waals surface area contributed by atoms with Gasteiger partial charge in [-0.05, 0) is 48.7 Å². The van der Waals surface area contributed by atoms with E-state index in [9.17, 15) is 15.3 Å². The molecule has 3 rings (SSSR count). The van der Waals surface area contributed by atoms with Gasteiger partial charge in [0, 0.05) is 4.47 Å². The van der Waals surface area contributed by atoms with Crippen molar-refractivity contribution in [2.45, 2.75) is 13.8 Å². The van der Waals surface area contributed by atoms with E-state index in [1.807, 2.05) is 68.5 Å². The van der Waals surface area contributed by atoms with Gasteiger partial charge in [-0.2, -0.15) is 10.5 Å². The highest BCUT2D eigenvalue weighted by Gasteiger charge is 2.14. The van der Waals surface area contributed by atoms with Crippen molar-refractivity contribution in [2.24, 2.45) is 0 Å². The van der Waals surface area contributed by atoms with Gasteiger partial charge in [-0.3, -0.25) is 9.36 Å². The number of aromatic nitrogens is 1. The summed E-state index contributed by atoms with van der Waals surface area (Å²) >= 11 is 4.55. The topological polar surface area (TPSA) is 69.6 Å². The van der Waals surface area contributed by atoms with E-state index in [1.54, 1.807) is 6.08 Å². The average Bonchev–Trinajstić information content (AvgIpc) is 2.95. The van der Waals surface area contributed by atoms with Gasteiger partial charge in [0.1, 0.15) is 16.8 Å². The number of hydrogen-bond donors (Lipinski definition) is 0. The van der Waals surface area contributed by atoms with Crippen LogP contribution in [-0.4, -0.2) is 4.57 Å². The summed E-state index contributed by atoms with van der Waals surface area (Å²) in [6.07, 6.45) is 1.78. The molecular weight excluding hydrogens is 422 g/mol. The number of thiazole rings is 1. The number of nitriles is 2. The summed E-state index contributed by atoms with van der Waals surface area (Å²) in [4.78, 5) is 13.2. The smallest absolute Gasteiger partial charge is 0.267 e. The first-order valence-corrected chi connectivity index (χ1v) is 9.67. The minimum atomic E-state index is -0.238. The number of para-hydroxylation sites is 1. The van der Waals surface area contributed by atoms with Crippen LogP contribution >= 0.6 is 27.3 Å². The molecule has 6 heteroatoms. The van der Waals surface area contributed by atoms with Gasteiger partial charge in [0.2, 0.25) is 0 Å². The molecule has 0 amide bonds. The van der Waals surface area contributed by atoms with E-state index in [1.165, 1.54) is 4.57 Å². The van der Waals surface area contributed by atoms with E-state index in [0.717, 1.165) is 32.5 Å². The van der Waals surface area contributed by atoms with Crippen molar-refractivity contribution in [3.8, 4) is 17.8 Å². The summed E-state index contributed by atoms with van der Waals surface area (Å²) < 4.78 is 3.26. The van der Waals surface area contributed by atoms with Gasteiger partial charge in [0.05, 0.1) is 10.2 Å². The predicted octanol–water partition coefficient (Wildman–Crippen LogP) is 3.31. The SMILES string of the molecule is Cc1cccc(C)c1-n1c(=C(C#N)C#N)s/c(=C/c2ccc(Br)cc2)c1=O. The molecule has 0 saturated heterocycles. The third kappa shape index (κ3) is 3.64. The Balaban J connectivity index is 2.45. The lowest BCUT2D eigenvalue weighted by Crippen LogP contribution is -2.31. The highest BCUT2D eigenvalue weighted by atomic mass is 79.9. The van der Waals surface area contributed by atoms with Crippen molar-refractivity contribution in [2.75, 3.05) is 0 Å². The largest absolute Gasteiger partial charge is 0.273 e. The van der Waals surface area contributed by atoms with Crippen LogP contribution in [-0.2, 0) is 0 Å². The number of nitrogens with zero attached hydrogens (tertiary/aromatic N) is 3. The van der Waals surface area contributed by atoms with Gasteiger partial charge < -0.3 is 0 Å². The highest BCUT2D eigenvalue weighted by molar-refractivity contribution is 9.10. The van der Waals surface area contributed by atoms with Crippen LogP contribution < -0.4 is 14.8 Å². The Labute approximate surface area is 168 Å². The van der Waals surface area contributed by atoms with E-state index in [0.29, 0.717) is 14.9 Å². The van der Waals surface area contributed by atoms with Crippen molar-refractivity contribution in [1.82, 2.24) is 4.57 Å². The number of halogens is 1. The summed E-state index contributed by atoms with van der Waals surface area (Å²) in [5, 5.41) is 18.8. The van der Waals surface area contributed by atoms with Gasteiger partial charge in [0.15, 0.2) is 5.57 Å². The van der Waals surface area contributed by atoms with Crippen LogP contribution in [0.25, 0.3) is 17.3 Å². The Morgan fingerprint density at radius 1 is 1.07 bits per heavy atom. The van der Waals surface area contributed by atoms with Crippen LogP contribution in [0.4, 0.5) is 0 Å². The predicted molar refractivity (Wildman–Crippen MR) is 111 cm³/mol. The van der Waals surface area contributed by atoms with Crippen molar-refractivity contribution in [3.63, 3.8) is 0 Å². The molecule has 0 spiro atoms. The van der Waals surface area contributed by atoms with Crippen molar-refractivity contribution in [1.29, 1.82) is 10.5 Å². The molecular formula is C21H14BrN3OS. The van der Waals surface area contributed by atoms with Crippen LogP contribution in [0.1, 0.15) is 16.7 Å². The fourth-order valence-electron chi connectivity index (χ4n) is 2.84. The Bertz CT molecular complexity index is 1250. The molecule has 3 aromatic rings. The molecule has 0 bridgehead atoms. The molecule has 0 N–H and O–H groups in total. The second-order valence-corrected chi connectivity index (χ2v) is 7.89. The molecule has 27 heavy (non-hydrogen) atoms. The van der Waals surface area contributed by atoms with Crippen molar-refractivity contribution < 1.29 is 0 Å². The molecule has 1 aromatic heterocycles. The van der Waals surface area contributed by atoms with Gasteiger partial charge in [-0.15, -0.1) is 11.3 Å². The van der Waals surface area contributed by atoms with Crippen LogP contribution in [0.15, 0.2) is 51.7 Å². The van der Waals surface area contributed by atoms with Gasteiger partial charge >= 0.3 is 0 Å². The van der Waals surface area contributed by atoms with Crippen LogP contribution in [0.2, 0.25) is 0 Å². The lowest BCUT2D eigenvalue weighted by molar-refractivity contribution is 0.962. The highest BCUT2D eigenvalue weighted by Crippen LogP contribution is 2.16. The normalized spacial score (nSPS) is 11.1. The number of rotatable bonds is 2. The average molecular weight is 436 g/mol. The van der Waals surface area contributed by atoms with Gasteiger partial charge in [0.25, 0.3) is 5.56 Å². The first-order chi connectivity index (χ1) is 13.0. The maximum atomic E-state index is 13.2. The van der Waals surface area contributed by atoms with E-state index in [4.69, 9.17) is 0 Å². The standard InChI is InChI=1S/C21H14BrN3OS/c1-13-4-3-5-14(2)19(13)25-20(26)18(27-21(25)16(11-23)12-24)10-15-6-8-17(22)9-7-15/h3-10H,1-2H3/b18-10+. The zero-order valence-electron chi connectivity index (χ0n) is 14.7. The molecule has 0 atom stereocenters. The molecule has 0 aliphatic carbocycles. The summed E-state index contributed by atoms with van der Waals surface area (Å²) in [5.74, 6) is 0. The third-order valence-corrected chi connectivity index (χ3v) is 5.71. The lowest BCUT2D eigenvalue weighted by Gasteiger charge is -2.10. The molecule has 0 aliphatic heterocycles. The summed E-state index contributed by atoms with van der Waals surface area (Å²) in [6.45, 7) is 3.82.